The maximum absolute atomic E-state index is 11.3. The van der Waals surface area contributed by atoms with Gasteiger partial charge in [-0.2, -0.15) is 0 Å². The fourth-order valence-electron chi connectivity index (χ4n) is 0.827. The van der Waals surface area contributed by atoms with Crippen molar-refractivity contribution >= 4 is 28.7 Å². The number of rotatable bonds is 2. The standard InChI is InChI=1S/C8H14INO2/c1-8(2,6-9)12-7(11)10-4-3-5-10/h3-6H2,1-2H3. The Balaban J connectivity index is 2.34. The summed E-state index contributed by atoms with van der Waals surface area (Å²) >= 11 is 2.22. The Hall–Kier alpha value is 0. The molecule has 0 N–H and O–H groups in total. The molecule has 1 fully saturated rings. The van der Waals surface area contributed by atoms with Crippen LogP contribution in [0.3, 0.4) is 0 Å². The molecule has 0 aromatic rings. The Kier molecular flexibility index (Phi) is 3.20. The molecular weight excluding hydrogens is 269 g/mol. The van der Waals surface area contributed by atoms with E-state index in [9.17, 15) is 4.79 Å². The molecule has 0 saturated carbocycles. The topological polar surface area (TPSA) is 29.5 Å². The van der Waals surface area contributed by atoms with E-state index in [1.54, 1.807) is 4.90 Å². The van der Waals surface area contributed by atoms with E-state index in [4.69, 9.17) is 4.74 Å². The molecule has 0 radical (unpaired) electrons. The van der Waals surface area contributed by atoms with Crippen LogP contribution in [0.15, 0.2) is 0 Å². The second-order valence-electron chi connectivity index (χ2n) is 3.60. The lowest BCUT2D eigenvalue weighted by molar-refractivity contribution is 0.0170. The maximum atomic E-state index is 11.3. The van der Waals surface area contributed by atoms with Crippen LogP contribution >= 0.6 is 22.6 Å². The summed E-state index contributed by atoms with van der Waals surface area (Å²) in [5.41, 5.74) is -0.326. The van der Waals surface area contributed by atoms with E-state index in [2.05, 4.69) is 22.6 Å². The van der Waals surface area contributed by atoms with Crippen molar-refractivity contribution in [2.75, 3.05) is 17.5 Å². The first kappa shape index (κ1) is 10.1. The number of likely N-dealkylation sites (tertiary alicyclic amines) is 1. The molecule has 12 heavy (non-hydrogen) atoms. The lowest BCUT2D eigenvalue weighted by Gasteiger charge is -2.33. The number of ether oxygens (including phenoxy) is 1. The molecule has 0 aromatic carbocycles. The van der Waals surface area contributed by atoms with Crippen molar-refractivity contribution in [1.29, 1.82) is 0 Å². The van der Waals surface area contributed by atoms with E-state index < -0.39 is 0 Å². The summed E-state index contributed by atoms with van der Waals surface area (Å²) in [6.07, 6.45) is 0.947. The van der Waals surface area contributed by atoms with Gasteiger partial charge in [-0.15, -0.1) is 0 Å². The van der Waals surface area contributed by atoms with Gasteiger partial charge in [0.15, 0.2) is 0 Å². The summed E-state index contributed by atoms with van der Waals surface area (Å²) < 4.78 is 6.09. The van der Waals surface area contributed by atoms with Crippen molar-refractivity contribution in [3.05, 3.63) is 0 Å². The van der Waals surface area contributed by atoms with Crippen molar-refractivity contribution < 1.29 is 9.53 Å². The van der Waals surface area contributed by atoms with Crippen LogP contribution in [0.1, 0.15) is 20.3 Å². The average Bonchev–Trinajstić information content (AvgIpc) is 1.82. The number of alkyl halides is 1. The highest BCUT2D eigenvalue weighted by Gasteiger charge is 2.27. The number of carbonyl (C=O) groups is 1. The van der Waals surface area contributed by atoms with Crippen LogP contribution < -0.4 is 0 Å². The maximum Gasteiger partial charge on any atom is 0.410 e. The van der Waals surface area contributed by atoms with E-state index in [-0.39, 0.29) is 11.7 Å². The predicted molar refractivity (Wildman–Crippen MR) is 55.6 cm³/mol. The number of amides is 1. The van der Waals surface area contributed by atoms with E-state index in [1.807, 2.05) is 13.8 Å². The first-order valence-electron chi connectivity index (χ1n) is 4.09. The second-order valence-corrected chi connectivity index (χ2v) is 4.36. The van der Waals surface area contributed by atoms with Crippen LogP contribution in [0.5, 0.6) is 0 Å². The van der Waals surface area contributed by atoms with Crippen LogP contribution in [0, 0.1) is 0 Å². The van der Waals surface area contributed by atoms with Gasteiger partial charge < -0.3 is 9.64 Å². The third-order valence-electron chi connectivity index (χ3n) is 1.80. The van der Waals surface area contributed by atoms with Gasteiger partial charge in [0.25, 0.3) is 0 Å². The number of hydrogen-bond donors (Lipinski definition) is 0. The summed E-state index contributed by atoms with van der Waals surface area (Å²) in [5.74, 6) is 0. The van der Waals surface area contributed by atoms with Crippen molar-refractivity contribution in [2.45, 2.75) is 25.9 Å². The molecular formula is C8H14INO2. The average molecular weight is 283 g/mol. The van der Waals surface area contributed by atoms with Crippen molar-refractivity contribution in [3.8, 4) is 0 Å². The van der Waals surface area contributed by atoms with Gasteiger partial charge in [-0.3, -0.25) is 0 Å². The Morgan fingerprint density at radius 2 is 2.17 bits per heavy atom. The highest BCUT2D eigenvalue weighted by molar-refractivity contribution is 14.1. The molecule has 1 heterocycles. The predicted octanol–water partition coefficient (Wildman–Crippen LogP) is 2.04. The molecule has 70 valence electrons. The van der Waals surface area contributed by atoms with Gasteiger partial charge in [0, 0.05) is 17.5 Å². The molecule has 1 saturated heterocycles. The van der Waals surface area contributed by atoms with E-state index in [0.717, 1.165) is 23.9 Å². The van der Waals surface area contributed by atoms with Crippen LogP contribution in [-0.4, -0.2) is 34.1 Å². The third-order valence-corrected chi connectivity index (χ3v) is 3.64. The van der Waals surface area contributed by atoms with Crippen LogP contribution in [-0.2, 0) is 4.74 Å². The largest absolute Gasteiger partial charge is 0.443 e. The lowest BCUT2D eigenvalue weighted by Crippen LogP contribution is -2.45. The van der Waals surface area contributed by atoms with Gasteiger partial charge in [0.2, 0.25) is 0 Å². The second kappa shape index (κ2) is 3.81. The minimum Gasteiger partial charge on any atom is -0.443 e. The summed E-state index contributed by atoms with van der Waals surface area (Å²) in [6, 6.07) is 0. The molecule has 1 aliphatic heterocycles. The summed E-state index contributed by atoms with van der Waals surface area (Å²) in [7, 11) is 0. The van der Waals surface area contributed by atoms with Gasteiger partial charge in [0.1, 0.15) is 5.60 Å². The number of carbonyl (C=O) groups excluding carboxylic acids is 1. The third kappa shape index (κ3) is 2.50. The van der Waals surface area contributed by atoms with Gasteiger partial charge in [-0.05, 0) is 20.3 Å². The first-order chi connectivity index (χ1) is 5.55. The highest BCUT2D eigenvalue weighted by atomic mass is 127. The van der Waals surface area contributed by atoms with E-state index >= 15 is 0 Å². The Bertz CT molecular complexity index is 178. The normalized spacial score (nSPS) is 17.1. The van der Waals surface area contributed by atoms with Crippen LogP contribution in [0.25, 0.3) is 0 Å². The smallest absolute Gasteiger partial charge is 0.410 e. The minimum atomic E-state index is -0.326. The molecule has 0 bridgehead atoms. The summed E-state index contributed by atoms with van der Waals surface area (Å²) in [6.45, 7) is 5.57. The molecule has 0 aromatic heterocycles. The SMILES string of the molecule is CC(C)(CI)OC(=O)N1CCC1. The Morgan fingerprint density at radius 3 is 2.50 bits per heavy atom. The number of hydrogen-bond acceptors (Lipinski definition) is 2. The van der Waals surface area contributed by atoms with Gasteiger partial charge >= 0.3 is 6.09 Å². The fraction of sp³-hybridized carbons (Fsp3) is 0.875. The van der Waals surface area contributed by atoms with E-state index in [0.29, 0.717) is 0 Å². The zero-order valence-electron chi connectivity index (χ0n) is 7.47. The molecule has 1 amide bonds. The number of nitrogens with zero attached hydrogens (tertiary/aromatic N) is 1. The molecule has 1 rings (SSSR count). The number of halogens is 1. The monoisotopic (exact) mass is 283 g/mol. The Morgan fingerprint density at radius 1 is 1.58 bits per heavy atom. The molecule has 3 nitrogen and oxygen atoms in total. The summed E-state index contributed by atoms with van der Waals surface area (Å²) in [5, 5.41) is 0. The van der Waals surface area contributed by atoms with Gasteiger partial charge in [0.05, 0.1) is 0 Å². The molecule has 0 unspecified atom stereocenters. The van der Waals surface area contributed by atoms with Crippen LogP contribution in [0.2, 0.25) is 0 Å². The van der Waals surface area contributed by atoms with Crippen molar-refractivity contribution in [1.82, 2.24) is 4.90 Å². The molecule has 0 spiro atoms. The molecule has 4 heteroatoms. The fourth-order valence-corrected chi connectivity index (χ4v) is 0.983. The zero-order chi connectivity index (χ0) is 9.19. The highest BCUT2D eigenvalue weighted by Crippen LogP contribution is 2.17. The quantitative estimate of drug-likeness (QED) is 0.573. The van der Waals surface area contributed by atoms with Crippen LogP contribution in [0.4, 0.5) is 4.79 Å². The summed E-state index contributed by atoms with van der Waals surface area (Å²) in [4.78, 5) is 13.0. The Labute approximate surface area is 86.6 Å². The van der Waals surface area contributed by atoms with Crippen molar-refractivity contribution in [2.24, 2.45) is 0 Å². The first-order valence-corrected chi connectivity index (χ1v) is 5.61. The molecule has 0 atom stereocenters. The van der Waals surface area contributed by atoms with Gasteiger partial charge in [-0.1, -0.05) is 22.6 Å². The van der Waals surface area contributed by atoms with E-state index in [1.165, 1.54) is 0 Å². The molecule has 1 aliphatic rings. The lowest BCUT2D eigenvalue weighted by atomic mass is 10.2. The zero-order valence-corrected chi connectivity index (χ0v) is 9.63. The minimum absolute atomic E-state index is 0.164. The van der Waals surface area contributed by atoms with Crippen molar-refractivity contribution in [3.63, 3.8) is 0 Å². The molecule has 0 aliphatic carbocycles. The van der Waals surface area contributed by atoms with Gasteiger partial charge in [-0.25, -0.2) is 4.79 Å².